The lowest BCUT2D eigenvalue weighted by molar-refractivity contribution is -0.119. The molecule has 22 heavy (non-hydrogen) atoms. The van der Waals surface area contributed by atoms with Gasteiger partial charge in [0, 0.05) is 24.0 Å². The minimum atomic E-state index is 0.0711. The van der Waals surface area contributed by atoms with Crippen LogP contribution < -0.4 is 5.32 Å². The molecule has 1 saturated carbocycles. The molecule has 1 fully saturated rings. The molecule has 0 atom stereocenters. The van der Waals surface area contributed by atoms with E-state index >= 15 is 0 Å². The van der Waals surface area contributed by atoms with Crippen LogP contribution >= 0.6 is 34.6 Å². The molecule has 3 rings (SSSR count). The Hall–Kier alpha value is -1.16. The summed E-state index contributed by atoms with van der Waals surface area (Å²) in [5.74, 6) is 1.21. The van der Waals surface area contributed by atoms with Crippen LogP contribution in [0, 0.1) is 0 Å². The van der Waals surface area contributed by atoms with Crippen LogP contribution in [0.25, 0.3) is 11.4 Å². The molecule has 1 aliphatic rings. The molecule has 2 aromatic heterocycles. The summed E-state index contributed by atoms with van der Waals surface area (Å²) in [7, 11) is 0. The Balaban J connectivity index is 1.59. The minimum Gasteiger partial charge on any atom is -0.353 e. The molecule has 0 radical (unpaired) electrons. The van der Waals surface area contributed by atoms with Crippen molar-refractivity contribution in [2.75, 3.05) is 5.75 Å². The first-order valence-electron chi connectivity index (χ1n) is 7.18. The standard InChI is InChI=1S/C14H16IN5OS/c15-20-13(10-5-7-16-8-6-10)18-19-14(20)22-9-12(21)17-11-3-1-2-4-11/h5-8,11H,1-4,9H2,(H,17,21). The lowest BCUT2D eigenvalue weighted by atomic mass is 10.2. The van der Waals surface area contributed by atoms with Crippen molar-refractivity contribution < 1.29 is 4.79 Å². The molecular formula is C14H16IN5OS. The smallest absolute Gasteiger partial charge is 0.230 e. The monoisotopic (exact) mass is 429 g/mol. The van der Waals surface area contributed by atoms with E-state index in [1.807, 2.05) is 14.9 Å². The molecule has 2 aromatic rings. The van der Waals surface area contributed by atoms with Crippen molar-refractivity contribution in [3.63, 3.8) is 0 Å². The highest BCUT2D eigenvalue weighted by Gasteiger charge is 2.18. The van der Waals surface area contributed by atoms with Crippen LogP contribution in [0.1, 0.15) is 25.7 Å². The maximum Gasteiger partial charge on any atom is 0.230 e. The Morgan fingerprint density at radius 2 is 2.05 bits per heavy atom. The minimum absolute atomic E-state index is 0.0711. The van der Waals surface area contributed by atoms with Gasteiger partial charge in [-0.1, -0.05) is 24.6 Å². The van der Waals surface area contributed by atoms with E-state index in [-0.39, 0.29) is 5.91 Å². The fraction of sp³-hybridized carbons (Fsp3) is 0.429. The molecule has 8 heteroatoms. The Morgan fingerprint density at radius 3 is 2.77 bits per heavy atom. The van der Waals surface area contributed by atoms with Crippen LogP contribution in [0.15, 0.2) is 29.7 Å². The summed E-state index contributed by atoms with van der Waals surface area (Å²) >= 11 is 3.56. The topological polar surface area (TPSA) is 72.7 Å². The van der Waals surface area contributed by atoms with E-state index in [0.29, 0.717) is 11.8 Å². The van der Waals surface area contributed by atoms with Gasteiger partial charge in [0.15, 0.2) is 5.82 Å². The van der Waals surface area contributed by atoms with E-state index < -0.39 is 0 Å². The summed E-state index contributed by atoms with van der Waals surface area (Å²) in [6, 6.07) is 4.14. The highest BCUT2D eigenvalue weighted by molar-refractivity contribution is 14.1. The number of nitrogens with zero attached hydrogens (tertiary/aromatic N) is 4. The van der Waals surface area contributed by atoms with Gasteiger partial charge in [0.2, 0.25) is 11.1 Å². The van der Waals surface area contributed by atoms with E-state index in [1.165, 1.54) is 24.6 Å². The van der Waals surface area contributed by atoms with E-state index in [9.17, 15) is 4.79 Å². The summed E-state index contributed by atoms with van der Waals surface area (Å²) in [6.07, 6.45) is 8.09. The zero-order chi connectivity index (χ0) is 15.4. The zero-order valence-corrected chi connectivity index (χ0v) is 14.9. The molecule has 0 aliphatic heterocycles. The van der Waals surface area contributed by atoms with Crippen molar-refractivity contribution in [1.29, 1.82) is 0 Å². The first kappa shape index (κ1) is 15.7. The predicted octanol–water partition coefficient (Wildman–Crippen LogP) is 2.69. The second-order valence-electron chi connectivity index (χ2n) is 5.16. The van der Waals surface area contributed by atoms with Gasteiger partial charge in [-0.05, 0) is 25.0 Å². The van der Waals surface area contributed by atoms with Gasteiger partial charge in [-0.25, -0.2) is 2.78 Å². The van der Waals surface area contributed by atoms with Crippen molar-refractivity contribution >= 4 is 40.5 Å². The van der Waals surface area contributed by atoms with Crippen LogP contribution in [0.3, 0.4) is 0 Å². The summed E-state index contributed by atoms with van der Waals surface area (Å²) in [5, 5.41) is 12.2. The van der Waals surface area contributed by atoms with Crippen molar-refractivity contribution in [3.8, 4) is 11.4 Å². The molecule has 1 N–H and O–H groups in total. The lowest BCUT2D eigenvalue weighted by Crippen LogP contribution is -2.33. The Morgan fingerprint density at radius 1 is 1.32 bits per heavy atom. The lowest BCUT2D eigenvalue weighted by Gasteiger charge is -2.11. The number of nitrogens with one attached hydrogen (secondary N) is 1. The molecule has 116 valence electrons. The maximum absolute atomic E-state index is 12.0. The largest absolute Gasteiger partial charge is 0.353 e. The van der Waals surface area contributed by atoms with Crippen LogP contribution in [0.4, 0.5) is 0 Å². The van der Waals surface area contributed by atoms with Crippen molar-refractivity contribution in [1.82, 2.24) is 23.3 Å². The van der Waals surface area contributed by atoms with Gasteiger partial charge in [0.1, 0.15) is 0 Å². The van der Waals surface area contributed by atoms with Gasteiger partial charge < -0.3 is 5.32 Å². The number of halogens is 1. The summed E-state index contributed by atoms with van der Waals surface area (Å²) in [6.45, 7) is 0. The molecule has 0 spiro atoms. The second kappa shape index (κ2) is 7.40. The zero-order valence-electron chi connectivity index (χ0n) is 11.9. The molecule has 0 unspecified atom stereocenters. The van der Waals surface area contributed by atoms with Crippen molar-refractivity contribution in [2.45, 2.75) is 36.9 Å². The van der Waals surface area contributed by atoms with E-state index in [4.69, 9.17) is 0 Å². The number of hydrogen-bond donors (Lipinski definition) is 1. The normalized spacial score (nSPS) is 15.1. The van der Waals surface area contributed by atoms with Gasteiger partial charge in [-0.15, -0.1) is 10.2 Å². The third kappa shape index (κ3) is 3.78. The van der Waals surface area contributed by atoms with Gasteiger partial charge in [0.25, 0.3) is 0 Å². The van der Waals surface area contributed by atoms with Crippen LogP contribution in [0.2, 0.25) is 0 Å². The van der Waals surface area contributed by atoms with Crippen molar-refractivity contribution in [2.24, 2.45) is 0 Å². The third-order valence-corrected chi connectivity index (χ3v) is 5.75. The summed E-state index contributed by atoms with van der Waals surface area (Å²) in [4.78, 5) is 16.0. The van der Waals surface area contributed by atoms with Gasteiger partial charge >= 0.3 is 0 Å². The number of aromatic nitrogens is 4. The van der Waals surface area contributed by atoms with Crippen LogP contribution in [-0.4, -0.2) is 35.7 Å². The number of pyridine rings is 1. The van der Waals surface area contributed by atoms with Crippen LogP contribution in [0.5, 0.6) is 0 Å². The molecule has 1 aliphatic carbocycles. The SMILES string of the molecule is O=C(CSc1nnc(-c2ccncc2)n1I)NC1CCCC1. The summed E-state index contributed by atoms with van der Waals surface area (Å²) in [5.41, 5.74) is 0.958. The van der Waals surface area contributed by atoms with Crippen molar-refractivity contribution in [3.05, 3.63) is 24.5 Å². The third-order valence-electron chi connectivity index (χ3n) is 3.58. The van der Waals surface area contributed by atoms with Crippen LogP contribution in [-0.2, 0) is 4.79 Å². The fourth-order valence-corrected chi connectivity index (χ4v) is 4.02. The van der Waals surface area contributed by atoms with E-state index in [2.05, 4.69) is 43.4 Å². The number of carbonyl (C=O) groups is 1. The quantitative estimate of drug-likeness (QED) is 0.585. The number of rotatable bonds is 5. The molecule has 1 amide bonds. The van der Waals surface area contributed by atoms with E-state index in [1.54, 1.807) is 12.4 Å². The number of thioether (sulfide) groups is 1. The van der Waals surface area contributed by atoms with Gasteiger partial charge in [0.05, 0.1) is 28.6 Å². The second-order valence-corrected chi connectivity index (χ2v) is 7.07. The maximum atomic E-state index is 12.0. The molecule has 6 nitrogen and oxygen atoms in total. The molecule has 2 heterocycles. The van der Waals surface area contributed by atoms with Gasteiger partial charge in [-0.2, -0.15) is 0 Å². The number of hydrogen-bond acceptors (Lipinski definition) is 5. The highest BCUT2D eigenvalue weighted by Crippen LogP contribution is 2.25. The molecule has 0 aromatic carbocycles. The molecular weight excluding hydrogens is 413 g/mol. The number of amides is 1. The molecule has 0 saturated heterocycles. The average Bonchev–Trinajstić information content (AvgIpc) is 3.16. The Bertz CT molecular complexity index is 642. The van der Waals surface area contributed by atoms with E-state index in [0.717, 1.165) is 29.4 Å². The number of carbonyl (C=O) groups excluding carboxylic acids is 1. The first-order valence-corrected chi connectivity index (χ1v) is 9.13. The fourth-order valence-electron chi connectivity index (χ4n) is 2.49. The Kier molecular flexibility index (Phi) is 5.29. The van der Waals surface area contributed by atoms with Gasteiger partial charge in [-0.3, -0.25) is 9.78 Å². The highest BCUT2D eigenvalue weighted by atomic mass is 127. The summed E-state index contributed by atoms with van der Waals surface area (Å²) < 4.78 is 1.88. The Labute approximate surface area is 147 Å². The first-order chi connectivity index (χ1) is 10.7. The average molecular weight is 429 g/mol. The molecule has 0 bridgehead atoms. The predicted molar refractivity (Wildman–Crippen MR) is 93.8 cm³/mol.